The van der Waals surface area contributed by atoms with E-state index >= 15 is 0 Å². The quantitative estimate of drug-likeness (QED) is 0.763. The van der Waals surface area contributed by atoms with Crippen LogP contribution in [0.25, 0.3) is 0 Å². The van der Waals surface area contributed by atoms with Crippen LogP contribution in [0.5, 0.6) is 0 Å². The zero-order chi connectivity index (χ0) is 12.5. The van der Waals surface area contributed by atoms with Crippen LogP contribution in [0.3, 0.4) is 0 Å². The van der Waals surface area contributed by atoms with E-state index in [0.29, 0.717) is 6.54 Å². The molecule has 0 aromatic carbocycles. The Morgan fingerprint density at radius 2 is 1.71 bits per heavy atom. The van der Waals surface area contributed by atoms with Gasteiger partial charge in [0.15, 0.2) is 0 Å². The predicted molar refractivity (Wildman–Crippen MR) is 67.6 cm³/mol. The summed E-state index contributed by atoms with van der Waals surface area (Å²) in [5, 5.41) is 10.1. The molecular formula is C14H25NO2. The van der Waals surface area contributed by atoms with E-state index < -0.39 is 5.60 Å². The molecule has 1 N–H and O–H groups in total. The summed E-state index contributed by atoms with van der Waals surface area (Å²) in [5.74, 6) is 0.275. The van der Waals surface area contributed by atoms with Crippen LogP contribution in [0.2, 0.25) is 0 Å². The first kappa shape index (κ1) is 12.9. The highest BCUT2D eigenvalue weighted by Crippen LogP contribution is 2.38. The Kier molecular flexibility index (Phi) is 3.48. The first-order chi connectivity index (χ1) is 7.93. The van der Waals surface area contributed by atoms with Gasteiger partial charge in [-0.3, -0.25) is 4.79 Å². The molecule has 2 rings (SSSR count). The van der Waals surface area contributed by atoms with Gasteiger partial charge in [-0.05, 0) is 32.6 Å². The fraction of sp³-hybridized carbons (Fsp3) is 0.929. The fourth-order valence-corrected chi connectivity index (χ4v) is 3.32. The average Bonchev–Trinajstić information content (AvgIpc) is 2.27. The van der Waals surface area contributed by atoms with Crippen LogP contribution in [0, 0.1) is 5.41 Å². The molecule has 1 atom stereocenters. The summed E-state index contributed by atoms with van der Waals surface area (Å²) in [4.78, 5) is 14.5. The van der Waals surface area contributed by atoms with Crippen LogP contribution in [0.4, 0.5) is 0 Å². The monoisotopic (exact) mass is 239 g/mol. The summed E-state index contributed by atoms with van der Waals surface area (Å²) in [5.41, 5.74) is -0.843. The molecule has 1 amide bonds. The molecule has 3 heteroatoms. The minimum atomic E-state index is -0.682. The van der Waals surface area contributed by atoms with Crippen molar-refractivity contribution >= 4 is 5.91 Å². The van der Waals surface area contributed by atoms with Crippen LogP contribution in [0.1, 0.15) is 58.8 Å². The number of hydrogen-bond donors (Lipinski definition) is 1. The summed E-state index contributed by atoms with van der Waals surface area (Å²) < 4.78 is 0. The maximum atomic E-state index is 12.6. The third-order valence-corrected chi connectivity index (χ3v) is 4.44. The molecule has 0 bridgehead atoms. The summed E-state index contributed by atoms with van der Waals surface area (Å²) in [6.07, 6.45) is 7.39. The Balaban J connectivity index is 2.03. The Hall–Kier alpha value is -0.570. The second-order valence-corrected chi connectivity index (χ2v) is 6.45. The van der Waals surface area contributed by atoms with Crippen molar-refractivity contribution in [2.75, 3.05) is 13.1 Å². The SMILES string of the molecule is CC1(O)CCCN(C(=O)C2(C)CCCCC2)C1. The van der Waals surface area contributed by atoms with Crippen molar-refractivity contribution in [1.82, 2.24) is 4.90 Å². The number of hydrogen-bond acceptors (Lipinski definition) is 2. The van der Waals surface area contributed by atoms with Gasteiger partial charge in [0.1, 0.15) is 0 Å². The molecule has 2 aliphatic rings. The number of β-amino-alcohol motifs (C(OH)–C–C–N with tert-alkyl or cyclic N) is 1. The normalized spacial score (nSPS) is 33.5. The molecule has 1 heterocycles. The molecule has 17 heavy (non-hydrogen) atoms. The number of piperidine rings is 1. The van der Waals surface area contributed by atoms with E-state index in [9.17, 15) is 9.90 Å². The zero-order valence-corrected chi connectivity index (χ0v) is 11.2. The lowest BCUT2D eigenvalue weighted by Gasteiger charge is -2.42. The van der Waals surface area contributed by atoms with E-state index in [1.807, 2.05) is 11.8 Å². The first-order valence-corrected chi connectivity index (χ1v) is 6.95. The molecule has 0 radical (unpaired) electrons. The highest BCUT2D eigenvalue weighted by atomic mass is 16.3. The van der Waals surface area contributed by atoms with E-state index in [2.05, 4.69) is 6.92 Å². The predicted octanol–water partition coefficient (Wildman–Crippen LogP) is 2.33. The molecule has 0 spiro atoms. The zero-order valence-electron chi connectivity index (χ0n) is 11.2. The van der Waals surface area contributed by atoms with Gasteiger partial charge in [0, 0.05) is 18.5 Å². The van der Waals surface area contributed by atoms with Gasteiger partial charge in [-0.25, -0.2) is 0 Å². The summed E-state index contributed by atoms with van der Waals surface area (Å²) in [7, 11) is 0. The molecule has 1 saturated heterocycles. The lowest BCUT2D eigenvalue weighted by atomic mass is 9.74. The first-order valence-electron chi connectivity index (χ1n) is 6.95. The Labute approximate surface area is 104 Å². The third-order valence-electron chi connectivity index (χ3n) is 4.44. The number of likely N-dealkylation sites (tertiary alicyclic amines) is 1. The van der Waals surface area contributed by atoms with E-state index in [1.54, 1.807) is 0 Å². The van der Waals surface area contributed by atoms with Crippen LogP contribution < -0.4 is 0 Å². The lowest BCUT2D eigenvalue weighted by molar-refractivity contribution is -0.149. The second-order valence-electron chi connectivity index (χ2n) is 6.45. The third kappa shape index (κ3) is 2.82. The molecule has 3 nitrogen and oxygen atoms in total. The van der Waals surface area contributed by atoms with Gasteiger partial charge in [-0.2, -0.15) is 0 Å². The number of aliphatic hydroxyl groups is 1. The van der Waals surface area contributed by atoms with Gasteiger partial charge in [-0.1, -0.05) is 26.2 Å². The number of carbonyl (C=O) groups excluding carboxylic acids is 1. The van der Waals surface area contributed by atoms with Crippen molar-refractivity contribution < 1.29 is 9.90 Å². The van der Waals surface area contributed by atoms with Crippen LogP contribution >= 0.6 is 0 Å². The molecule has 2 fully saturated rings. The van der Waals surface area contributed by atoms with Gasteiger partial charge < -0.3 is 10.0 Å². The lowest BCUT2D eigenvalue weighted by Crippen LogP contribution is -2.53. The van der Waals surface area contributed by atoms with Gasteiger partial charge in [-0.15, -0.1) is 0 Å². The smallest absolute Gasteiger partial charge is 0.228 e. The molecule has 1 unspecified atom stereocenters. The molecule has 1 aliphatic carbocycles. The highest BCUT2D eigenvalue weighted by molar-refractivity contribution is 5.82. The van der Waals surface area contributed by atoms with Crippen LogP contribution in [-0.2, 0) is 4.79 Å². The minimum Gasteiger partial charge on any atom is -0.388 e. The summed E-state index contributed by atoms with van der Waals surface area (Å²) in [6.45, 7) is 5.29. The maximum Gasteiger partial charge on any atom is 0.228 e. The van der Waals surface area contributed by atoms with Crippen molar-refractivity contribution in [2.24, 2.45) is 5.41 Å². The Bertz CT molecular complexity index is 293. The largest absolute Gasteiger partial charge is 0.388 e. The highest BCUT2D eigenvalue weighted by Gasteiger charge is 2.40. The van der Waals surface area contributed by atoms with Gasteiger partial charge >= 0.3 is 0 Å². The van der Waals surface area contributed by atoms with Crippen LogP contribution in [0.15, 0.2) is 0 Å². The summed E-state index contributed by atoms with van der Waals surface area (Å²) >= 11 is 0. The Morgan fingerprint density at radius 1 is 1.06 bits per heavy atom. The van der Waals surface area contributed by atoms with Crippen molar-refractivity contribution in [1.29, 1.82) is 0 Å². The average molecular weight is 239 g/mol. The number of nitrogens with zero attached hydrogens (tertiary/aromatic N) is 1. The van der Waals surface area contributed by atoms with Crippen molar-refractivity contribution in [3.63, 3.8) is 0 Å². The number of carbonyl (C=O) groups is 1. The minimum absolute atomic E-state index is 0.161. The molecule has 1 saturated carbocycles. The Morgan fingerprint density at radius 3 is 2.29 bits per heavy atom. The molecule has 0 aromatic heterocycles. The van der Waals surface area contributed by atoms with E-state index in [0.717, 1.165) is 32.2 Å². The maximum absolute atomic E-state index is 12.6. The summed E-state index contributed by atoms with van der Waals surface area (Å²) in [6, 6.07) is 0. The second kappa shape index (κ2) is 4.60. The standard InChI is InChI=1S/C14H25NO2/c1-13(7-4-3-5-8-13)12(16)15-10-6-9-14(2,17)11-15/h17H,3-11H2,1-2H3. The molecule has 1 aliphatic heterocycles. The van der Waals surface area contributed by atoms with Crippen LogP contribution in [-0.4, -0.2) is 34.6 Å². The molecule has 0 aromatic rings. The van der Waals surface area contributed by atoms with Crippen molar-refractivity contribution in [2.45, 2.75) is 64.4 Å². The topological polar surface area (TPSA) is 40.5 Å². The van der Waals surface area contributed by atoms with E-state index in [1.165, 1.54) is 19.3 Å². The van der Waals surface area contributed by atoms with Gasteiger partial charge in [0.2, 0.25) is 5.91 Å². The van der Waals surface area contributed by atoms with Crippen molar-refractivity contribution in [3.8, 4) is 0 Å². The number of rotatable bonds is 1. The molecular weight excluding hydrogens is 214 g/mol. The fourth-order valence-electron chi connectivity index (χ4n) is 3.32. The van der Waals surface area contributed by atoms with Crippen molar-refractivity contribution in [3.05, 3.63) is 0 Å². The van der Waals surface area contributed by atoms with E-state index in [4.69, 9.17) is 0 Å². The van der Waals surface area contributed by atoms with Gasteiger partial charge in [0.05, 0.1) is 5.60 Å². The molecule has 98 valence electrons. The van der Waals surface area contributed by atoms with E-state index in [-0.39, 0.29) is 11.3 Å². The van der Waals surface area contributed by atoms with Gasteiger partial charge in [0.25, 0.3) is 0 Å². The number of amides is 1.